The van der Waals surface area contributed by atoms with Gasteiger partial charge in [0.2, 0.25) is 0 Å². The summed E-state index contributed by atoms with van der Waals surface area (Å²) in [5.41, 5.74) is 1.05. The second-order valence-corrected chi connectivity index (χ2v) is 8.09. The molecule has 4 nitrogen and oxygen atoms in total. The maximum atomic E-state index is 13.0. The average Bonchev–Trinajstić information content (AvgIpc) is 2.61. The fourth-order valence-corrected chi connectivity index (χ4v) is 4.37. The number of carbonyl (C=O) groups is 1. The number of ether oxygens (including phenoxy) is 1. The zero-order valence-electron chi connectivity index (χ0n) is 15.2. The molecule has 1 aromatic carbocycles. The Morgan fingerprint density at radius 3 is 2.41 bits per heavy atom. The predicted octanol–water partition coefficient (Wildman–Crippen LogP) is 6.02. The van der Waals surface area contributed by atoms with E-state index < -0.39 is 0 Å². The van der Waals surface area contributed by atoms with Crippen LogP contribution in [0.25, 0.3) is 0 Å². The molecule has 0 aliphatic carbocycles. The molecule has 0 saturated carbocycles. The van der Waals surface area contributed by atoms with E-state index in [2.05, 4.69) is 18.8 Å². The first-order valence-electron chi connectivity index (χ1n) is 8.92. The number of likely N-dealkylation sites (tertiary alicyclic amines) is 1. The minimum Gasteiger partial charge on any atom is -0.484 e. The molecule has 0 radical (unpaired) electrons. The molecule has 3 rings (SSSR count). The van der Waals surface area contributed by atoms with Gasteiger partial charge in [-0.2, -0.15) is 0 Å². The molecular formula is C20H21Cl3N2O2. The van der Waals surface area contributed by atoms with Crippen molar-refractivity contribution in [2.45, 2.75) is 51.8 Å². The van der Waals surface area contributed by atoms with E-state index in [1.54, 1.807) is 24.3 Å². The Bertz CT molecular complexity index is 811. The molecule has 0 spiro atoms. The molecule has 1 amide bonds. The van der Waals surface area contributed by atoms with Crippen molar-refractivity contribution in [2.75, 3.05) is 0 Å². The SMILES string of the molecule is CC1CCCC(C)N1C(=O)c1cccc(COc2c(Cl)cc(Cl)cc2Cl)n1. The highest BCUT2D eigenvalue weighted by atomic mass is 35.5. The maximum Gasteiger partial charge on any atom is 0.272 e. The number of piperidine rings is 1. The highest BCUT2D eigenvalue weighted by Crippen LogP contribution is 2.36. The third kappa shape index (κ3) is 4.68. The van der Waals surface area contributed by atoms with Crippen LogP contribution in [0.5, 0.6) is 5.75 Å². The van der Waals surface area contributed by atoms with Gasteiger partial charge in [-0.05, 0) is 57.4 Å². The van der Waals surface area contributed by atoms with Crippen molar-refractivity contribution in [3.63, 3.8) is 0 Å². The molecule has 144 valence electrons. The maximum absolute atomic E-state index is 13.0. The molecule has 2 unspecified atom stereocenters. The van der Waals surface area contributed by atoms with E-state index in [1.807, 2.05) is 11.0 Å². The van der Waals surface area contributed by atoms with E-state index in [9.17, 15) is 4.79 Å². The molecule has 1 aliphatic rings. The van der Waals surface area contributed by atoms with E-state index in [-0.39, 0.29) is 24.6 Å². The molecule has 1 fully saturated rings. The van der Waals surface area contributed by atoms with E-state index in [1.165, 1.54) is 0 Å². The summed E-state index contributed by atoms with van der Waals surface area (Å²) in [5, 5.41) is 1.10. The van der Waals surface area contributed by atoms with Gasteiger partial charge in [0.05, 0.1) is 15.7 Å². The minimum atomic E-state index is -0.0425. The van der Waals surface area contributed by atoms with Crippen LogP contribution in [0.15, 0.2) is 30.3 Å². The molecule has 0 N–H and O–H groups in total. The largest absolute Gasteiger partial charge is 0.484 e. The zero-order chi connectivity index (χ0) is 19.6. The molecule has 1 saturated heterocycles. The van der Waals surface area contributed by atoms with Crippen molar-refractivity contribution in [1.29, 1.82) is 0 Å². The highest BCUT2D eigenvalue weighted by Gasteiger charge is 2.30. The normalized spacial score (nSPS) is 19.8. The summed E-state index contributed by atoms with van der Waals surface area (Å²) in [5.74, 6) is 0.304. The smallest absolute Gasteiger partial charge is 0.272 e. The lowest BCUT2D eigenvalue weighted by Gasteiger charge is -2.38. The first kappa shape index (κ1) is 20.2. The predicted molar refractivity (Wildman–Crippen MR) is 109 cm³/mol. The third-order valence-electron chi connectivity index (χ3n) is 4.78. The summed E-state index contributed by atoms with van der Waals surface area (Å²) in [4.78, 5) is 19.4. The molecule has 0 bridgehead atoms. The van der Waals surface area contributed by atoms with Gasteiger partial charge >= 0.3 is 0 Å². The van der Waals surface area contributed by atoms with Gasteiger partial charge in [0.25, 0.3) is 5.91 Å². The van der Waals surface area contributed by atoms with Crippen LogP contribution in [0, 0.1) is 0 Å². The van der Waals surface area contributed by atoms with Crippen LogP contribution in [0.4, 0.5) is 0 Å². The molecule has 7 heteroatoms. The quantitative estimate of drug-likeness (QED) is 0.599. The van der Waals surface area contributed by atoms with E-state index in [0.29, 0.717) is 32.2 Å². The topological polar surface area (TPSA) is 42.4 Å². The van der Waals surface area contributed by atoms with Gasteiger partial charge in [0, 0.05) is 17.1 Å². The van der Waals surface area contributed by atoms with Gasteiger partial charge in [-0.25, -0.2) is 4.98 Å². The summed E-state index contributed by atoms with van der Waals surface area (Å²) in [6, 6.07) is 8.92. The Labute approximate surface area is 174 Å². The number of halogens is 3. The van der Waals surface area contributed by atoms with Gasteiger partial charge in [-0.1, -0.05) is 40.9 Å². The van der Waals surface area contributed by atoms with Crippen LogP contribution in [0.1, 0.15) is 49.3 Å². The fourth-order valence-electron chi connectivity index (χ4n) is 3.45. The molecule has 27 heavy (non-hydrogen) atoms. The number of pyridine rings is 1. The Morgan fingerprint density at radius 2 is 1.78 bits per heavy atom. The number of aromatic nitrogens is 1. The molecule has 2 heterocycles. The van der Waals surface area contributed by atoms with Crippen LogP contribution in [0.3, 0.4) is 0 Å². The van der Waals surface area contributed by atoms with E-state index >= 15 is 0 Å². The highest BCUT2D eigenvalue weighted by molar-refractivity contribution is 6.40. The van der Waals surface area contributed by atoms with Gasteiger partial charge in [-0.3, -0.25) is 4.79 Å². The summed E-state index contributed by atoms with van der Waals surface area (Å²) >= 11 is 18.2. The van der Waals surface area contributed by atoms with Gasteiger partial charge in [0.1, 0.15) is 12.3 Å². The Hall–Kier alpha value is -1.49. The number of benzene rings is 1. The van der Waals surface area contributed by atoms with Gasteiger partial charge < -0.3 is 9.64 Å². The Morgan fingerprint density at radius 1 is 1.15 bits per heavy atom. The minimum absolute atomic E-state index is 0.0425. The lowest BCUT2D eigenvalue weighted by molar-refractivity contribution is 0.0504. The number of nitrogens with zero attached hydrogens (tertiary/aromatic N) is 2. The summed E-state index contributed by atoms with van der Waals surface area (Å²) < 4.78 is 5.72. The lowest BCUT2D eigenvalue weighted by atomic mass is 9.97. The summed E-state index contributed by atoms with van der Waals surface area (Å²) in [6.07, 6.45) is 3.19. The lowest BCUT2D eigenvalue weighted by Crippen LogP contribution is -2.47. The van der Waals surface area contributed by atoms with Crippen molar-refractivity contribution < 1.29 is 9.53 Å². The third-order valence-corrected chi connectivity index (χ3v) is 5.56. The van der Waals surface area contributed by atoms with Crippen LogP contribution < -0.4 is 4.74 Å². The van der Waals surface area contributed by atoms with Gasteiger partial charge in [-0.15, -0.1) is 0 Å². The van der Waals surface area contributed by atoms with Crippen LogP contribution >= 0.6 is 34.8 Å². The number of hydrogen-bond donors (Lipinski definition) is 0. The summed E-state index contributed by atoms with van der Waals surface area (Å²) in [7, 11) is 0. The first-order valence-corrected chi connectivity index (χ1v) is 10.1. The van der Waals surface area contributed by atoms with E-state index in [0.717, 1.165) is 19.3 Å². The molecule has 2 aromatic rings. The number of carbonyl (C=O) groups excluding carboxylic acids is 1. The second-order valence-electron chi connectivity index (χ2n) is 6.84. The first-order chi connectivity index (χ1) is 12.9. The molecule has 2 atom stereocenters. The van der Waals surface area contributed by atoms with Crippen LogP contribution in [-0.4, -0.2) is 27.9 Å². The molecule has 1 aromatic heterocycles. The molecule has 1 aliphatic heterocycles. The Kier molecular flexibility index (Phi) is 6.51. The standard InChI is InChI=1S/C20H21Cl3N2O2/c1-12-5-3-6-13(2)25(12)20(26)18-8-4-7-15(24-18)11-27-19-16(22)9-14(21)10-17(19)23/h4,7-10,12-13H,3,5-6,11H2,1-2H3. The van der Waals surface area contributed by atoms with Crippen molar-refractivity contribution in [2.24, 2.45) is 0 Å². The average molecular weight is 428 g/mol. The number of rotatable bonds is 4. The van der Waals surface area contributed by atoms with Crippen molar-refractivity contribution in [1.82, 2.24) is 9.88 Å². The van der Waals surface area contributed by atoms with Gasteiger partial charge in [0.15, 0.2) is 5.75 Å². The van der Waals surface area contributed by atoms with Crippen molar-refractivity contribution in [3.8, 4) is 5.75 Å². The van der Waals surface area contributed by atoms with Crippen molar-refractivity contribution >= 4 is 40.7 Å². The monoisotopic (exact) mass is 426 g/mol. The number of amides is 1. The second kappa shape index (κ2) is 8.68. The zero-order valence-corrected chi connectivity index (χ0v) is 17.5. The van der Waals surface area contributed by atoms with Crippen LogP contribution in [0.2, 0.25) is 15.1 Å². The molecular weight excluding hydrogens is 407 g/mol. The Balaban J connectivity index is 1.75. The fraction of sp³-hybridized carbons (Fsp3) is 0.400. The van der Waals surface area contributed by atoms with Crippen LogP contribution in [-0.2, 0) is 6.61 Å². The van der Waals surface area contributed by atoms with Crippen molar-refractivity contribution in [3.05, 3.63) is 56.8 Å². The van der Waals surface area contributed by atoms with E-state index in [4.69, 9.17) is 39.5 Å². The summed E-state index contributed by atoms with van der Waals surface area (Å²) in [6.45, 7) is 4.32. The number of hydrogen-bond acceptors (Lipinski definition) is 3.